The lowest BCUT2D eigenvalue weighted by atomic mass is 10.1. The highest BCUT2D eigenvalue weighted by molar-refractivity contribution is 9.10. The van der Waals surface area contributed by atoms with E-state index < -0.39 is 0 Å². The fourth-order valence-corrected chi connectivity index (χ4v) is 2.44. The number of likely N-dealkylation sites (tertiary alicyclic amines) is 1. The summed E-state index contributed by atoms with van der Waals surface area (Å²) in [5, 5.41) is 0. The van der Waals surface area contributed by atoms with Gasteiger partial charge in [0.1, 0.15) is 5.82 Å². The minimum Gasteiger partial charge on any atom is -0.335 e. The Morgan fingerprint density at radius 2 is 2.06 bits per heavy atom. The molecular formula is C12H13BrFNO. The van der Waals surface area contributed by atoms with Crippen LogP contribution < -0.4 is 0 Å². The number of carbonyl (C=O) groups is 1. The van der Waals surface area contributed by atoms with E-state index in [-0.39, 0.29) is 22.6 Å². The van der Waals surface area contributed by atoms with E-state index >= 15 is 0 Å². The highest BCUT2D eigenvalue weighted by Crippen LogP contribution is 2.28. The van der Waals surface area contributed by atoms with Crippen molar-refractivity contribution in [2.45, 2.75) is 24.2 Å². The Balaban J connectivity index is 2.16. The smallest absolute Gasteiger partial charge is 0.236 e. The van der Waals surface area contributed by atoms with Crippen molar-refractivity contribution >= 4 is 21.8 Å². The van der Waals surface area contributed by atoms with Gasteiger partial charge in [-0.3, -0.25) is 4.79 Å². The van der Waals surface area contributed by atoms with Crippen LogP contribution in [-0.2, 0) is 4.79 Å². The molecule has 0 unspecified atom stereocenters. The molecule has 2 nitrogen and oxygen atoms in total. The average molecular weight is 286 g/mol. The van der Waals surface area contributed by atoms with Gasteiger partial charge in [-0.25, -0.2) is 4.39 Å². The van der Waals surface area contributed by atoms with Crippen LogP contribution in [0.5, 0.6) is 0 Å². The summed E-state index contributed by atoms with van der Waals surface area (Å²) in [6.07, 6.45) is 0.838. The molecule has 1 aliphatic rings. The number of rotatable bonds is 2. The third kappa shape index (κ3) is 2.12. The summed E-state index contributed by atoms with van der Waals surface area (Å²) in [5.74, 6) is -0.126. The van der Waals surface area contributed by atoms with Crippen LogP contribution in [0.4, 0.5) is 4.39 Å². The van der Waals surface area contributed by atoms with Crippen LogP contribution in [0, 0.1) is 5.82 Å². The summed E-state index contributed by atoms with van der Waals surface area (Å²) in [5.41, 5.74) is 0.969. The summed E-state index contributed by atoms with van der Waals surface area (Å²) in [6, 6.07) is 6.33. The van der Waals surface area contributed by atoms with Crippen molar-refractivity contribution in [3.05, 3.63) is 35.6 Å². The molecule has 0 spiro atoms. The zero-order valence-corrected chi connectivity index (χ0v) is 10.6. The topological polar surface area (TPSA) is 20.3 Å². The van der Waals surface area contributed by atoms with E-state index in [0.717, 1.165) is 18.5 Å². The molecule has 0 saturated carbocycles. The average Bonchev–Trinajstić information content (AvgIpc) is 2.60. The van der Waals surface area contributed by atoms with E-state index in [0.29, 0.717) is 0 Å². The Bertz CT molecular complexity index is 393. The molecule has 86 valence electrons. The Labute approximate surface area is 103 Å². The van der Waals surface area contributed by atoms with Crippen LogP contribution in [0.25, 0.3) is 0 Å². The molecule has 1 heterocycles. The molecule has 0 aliphatic carbocycles. The molecule has 0 bridgehead atoms. The predicted molar refractivity (Wildman–Crippen MR) is 63.9 cm³/mol. The highest BCUT2D eigenvalue weighted by atomic mass is 79.9. The number of alkyl halides is 1. The van der Waals surface area contributed by atoms with E-state index in [1.165, 1.54) is 12.1 Å². The maximum absolute atomic E-state index is 12.8. The van der Waals surface area contributed by atoms with Gasteiger partial charge < -0.3 is 4.90 Å². The van der Waals surface area contributed by atoms with Gasteiger partial charge >= 0.3 is 0 Å². The van der Waals surface area contributed by atoms with Crippen LogP contribution in [0.3, 0.4) is 0 Å². The lowest BCUT2D eigenvalue weighted by Gasteiger charge is -2.24. The van der Waals surface area contributed by atoms with E-state index in [1.807, 2.05) is 11.8 Å². The van der Waals surface area contributed by atoms with Crippen LogP contribution in [0.2, 0.25) is 0 Å². The van der Waals surface area contributed by atoms with Crippen molar-refractivity contribution in [1.82, 2.24) is 4.90 Å². The zero-order valence-electron chi connectivity index (χ0n) is 8.99. The summed E-state index contributed by atoms with van der Waals surface area (Å²) >= 11 is 3.35. The molecule has 1 amide bonds. The molecule has 1 aromatic carbocycles. The molecule has 0 aromatic heterocycles. The molecule has 2 rings (SSSR count). The second-order valence-corrected chi connectivity index (χ2v) is 5.12. The standard InChI is InChI=1S/C12H13BrFNO/c1-8(9-2-4-10(14)5-3-9)15-7-6-11(13)12(15)16/h2-5,8,11H,6-7H2,1H3/t8-,11-/m0/s1. The molecule has 1 aromatic rings. The van der Waals surface area contributed by atoms with E-state index in [2.05, 4.69) is 15.9 Å². The lowest BCUT2D eigenvalue weighted by molar-refractivity contribution is -0.128. The van der Waals surface area contributed by atoms with E-state index in [1.54, 1.807) is 12.1 Å². The summed E-state index contributed by atoms with van der Waals surface area (Å²) in [6.45, 7) is 2.73. The Morgan fingerprint density at radius 3 is 2.56 bits per heavy atom. The van der Waals surface area contributed by atoms with Gasteiger partial charge in [0.15, 0.2) is 0 Å². The van der Waals surface area contributed by atoms with Crippen LogP contribution >= 0.6 is 15.9 Å². The molecule has 16 heavy (non-hydrogen) atoms. The number of amides is 1. The van der Waals surface area contributed by atoms with Gasteiger partial charge in [0, 0.05) is 6.54 Å². The Morgan fingerprint density at radius 1 is 1.44 bits per heavy atom. The summed E-state index contributed by atoms with van der Waals surface area (Å²) in [7, 11) is 0. The largest absolute Gasteiger partial charge is 0.335 e. The zero-order chi connectivity index (χ0) is 11.7. The number of halogens is 2. The van der Waals surface area contributed by atoms with Crippen molar-refractivity contribution in [3.8, 4) is 0 Å². The number of carbonyl (C=O) groups excluding carboxylic acids is 1. The molecule has 1 saturated heterocycles. The SMILES string of the molecule is C[C@@H](c1ccc(F)cc1)N1CC[C@H](Br)C1=O. The molecule has 2 atom stereocenters. The van der Waals surface area contributed by atoms with Crippen LogP contribution in [0.1, 0.15) is 24.9 Å². The first-order valence-corrected chi connectivity index (χ1v) is 6.21. The Hall–Kier alpha value is -0.900. The van der Waals surface area contributed by atoms with Gasteiger partial charge in [-0.2, -0.15) is 0 Å². The fraction of sp³-hybridized carbons (Fsp3) is 0.417. The lowest BCUT2D eigenvalue weighted by Crippen LogP contribution is -2.30. The predicted octanol–water partition coefficient (Wildman–Crippen LogP) is 2.88. The maximum atomic E-state index is 12.8. The number of hydrogen-bond donors (Lipinski definition) is 0. The summed E-state index contributed by atoms with van der Waals surface area (Å²) in [4.78, 5) is 13.6. The normalized spacial score (nSPS) is 22.6. The van der Waals surface area contributed by atoms with Crippen molar-refractivity contribution in [2.24, 2.45) is 0 Å². The van der Waals surface area contributed by atoms with Gasteiger partial charge in [-0.15, -0.1) is 0 Å². The van der Waals surface area contributed by atoms with E-state index in [4.69, 9.17) is 0 Å². The van der Waals surface area contributed by atoms with E-state index in [9.17, 15) is 9.18 Å². The first-order chi connectivity index (χ1) is 7.59. The monoisotopic (exact) mass is 285 g/mol. The molecule has 0 N–H and O–H groups in total. The molecule has 1 fully saturated rings. The molecular weight excluding hydrogens is 273 g/mol. The van der Waals surface area contributed by atoms with Crippen LogP contribution in [0.15, 0.2) is 24.3 Å². The minimum atomic E-state index is -0.248. The molecule has 0 radical (unpaired) electrons. The van der Waals surface area contributed by atoms with Gasteiger partial charge in [0.25, 0.3) is 0 Å². The fourth-order valence-electron chi connectivity index (χ4n) is 1.97. The van der Waals surface area contributed by atoms with Gasteiger partial charge in [-0.05, 0) is 31.0 Å². The van der Waals surface area contributed by atoms with Crippen LogP contribution in [-0.4, -0.2) is 22.2 Å². The molecule has 4 heteroatoms. The number of nitrogens with zero attached hydrogens (tertiary/aromatic N) is 1. The molecule has 1 aliphatic heterocycles. The second kappa shape index (κ2) is 4.53. The first-order valence-electron chi connectivity index (χ1n) is 5.29. The van der Waals surface area contributed by atoms with Crippen molar-refractivity contribution in [2.75, 3.05) is 6.54 Å². The van der Waals surface area contributed by atoms with Crippen molar-refractivity contribution in [1.29, 1.82) is 0 Å². The minimum absolute atomic E-state index is 0.00986. The second-order valence-electron chi connectivity index (χ2n) is 4.02. The van der Waals surface area contributed by atoms with Gasteiger partial charge in [0.05, 0.1) is 10.9 Å². The first kappa shape index (κ1) is 11.6. The maximum Gasteiger partial charge on any atom is 0.236 e. The quantitative estimate of drug-likeness (QED) is 0.765. The summed E-state index contributed by atoms with van der Waals surface area (Å²) < 4.78 is 12.8. The third-order valence-corrected chi connectivity index (χ3v) is 3.84. The number of benzene rings is 1. The van der Waals surface area contributed by atoms with Gasteiger partial charge in [0.2, 0.25) is 5.91 Å². The highest BCUT2D eigenvalue weighted by Gasteiger charge is 2.32. The third-order valence-electron chi connectivity index (χ3n) is 2.99. The number of hydrogen-bond acceptors (Lipinski definition) is 1. The van der Waals surface area contributed by atoms with Crippen molar-refractivity contribution in [3.63, 3.8) is 0 Å². The van der Waals surface area contributed by atoms with Gasteiger partial charge in [-0.1, -0.05) is 28.1 Å². The Kier molecular flexibility index (Phi) is 3.28. The van der Waals surface area contributed by atoms with Crippen molar-refractivity contribution < 1.29 is 9.18 Å².